The average molecular weight is 307 g/mol. The van der Waals surface area contributed by atoms with E-state index in [2.05, 4.69) is 15.2 Å². The number of aromatic nitrogens is 1. The number of rotatable bonds is 4. The van der Waals surface area contributed by atoms with Crippen molar-refractivity contribution in [3.05, 3.63) is 30.1 Å². The fourth-order valence-corrected chi connectivity index (χ4v) is 2.64. The van der Waals surface area contributed by atoms with Crippen LogP contribution in [0.3, 0.4) is 0 Å². The van der Waals surface area contributed by atoms with Crippen LogP contribution in [0.25, 0.3) is 0 Å². The Balaban J connectivity index is 1.83. The van der Waals surface area contributed by atoms with Crippen LogP contribution in [-0.2, 0) is 16.1 Å². The topological polar surface area (TPSA) is 54.5 Å². The van der Waals surface area contributed by atoms with Crippen molar-refractivity contribution in [2.75, 3.05) is 19.7 Å². The summed E-state index contributed by atoms with van der Waals surface area (Å²) in [6.07, 6.45) is 5.39. The molecule has 5 nitrogen and oxygen atoms in total. The van der Waals surface area contributed by atoms with Crippen LogP contribution in [0.4, 0.5) is 0 Å². The molecule has 114 valence electrons. The van der Waals surface area contributed by atoms with Gasteiger partial charge in [-0.1, -0.05) is 6.07 Å². The van der Waals surface area contributed by atoms with Crippen LogP contribution in [0, 0.1) is 5.92 Å². The molecule has 0 saturated carbocycles. The molecule has 0 amide bonds. The molecule has 1 aromatic heterocycles. The second-order valence-electron chi connectivity index (χ2n) is 5.06. The summed E-state index contributed by atoms with van der Waals surface area (Å²) in [4.78, 5) is 17.9. The molecule has 21 heavy (non-hydrogen) atoms. The number of likely N-dealkylation sites (tertiary alicyclic amines) is 1. The lowest BCUT2D eigenvalue weighted by Gasteiger charge is -2.33. The number of pyridine rings is 1. The Morgan fingerprint density at radius 2 is 2.48 bits per heavy atom. The van der Waals surface area contributed by atoms with Crippen molar-refractivity contribution in [1.29, 1.82) is 0 Å². The monoisotopic (exact) mass is 307 g/mol. The van der Waals surface area contributed by atoms with E-state index in [1.54, 1.807) is 6.20 Å². The van der Waals surface area contributed by atoms with E-state index in [-0.39, 0.29) is 11.9 Å². The maximum absolute atomic E-state index is 11.8. The molecular weight excluding hydrogens is 286 g/mol. The predicted octanol–water partition coefficient (Wildman–Crippen LogP) is 1.73. The van der Waals surface area contributed by atoms with E-state index in [9.17, 15) is 4.79 Å². The number of nitrogens with one attached hydrogen (secondary N) is 1. The third-order valence-electron chi connectivity index (χ3n) is 3.50. The third kappa shape index (κ3) is 4.67. The van der Waals surface area contributed by atoms with Crippen molar-refractivity contribution < 1.29 is 9.53 Å². The summed E-state index contributed by atoms with van der Waals surface area (Å²) in [6.45, 7) is 4.43. The fourth-order valence-electron chi connectivity index (χ4n) is 2.41. The quantitative estimate of drug-likeness (QED) is 0.675. The zero-order chi connectivity index (χ0) is 15.1. The SMILES string of the molecule is CCOC(=O)C1CCCN(C(=S)NCc2cccnc2)C1. The Kier molecular flexibility index (Phi) is 5.92. The van der Waals surface area contributed by atoms with Gasteiger partial charge in [-0.15, -0.1) is 0 Å². The van der Waals surface area contributed by atoms with Crippen LogP contribution < -0.4 is 5.32 Å². The number of carbonyl (C=O) groups excluding carboxylic acids is 1. The molecule has 2 heterocycles. The first kappa shape index (κ1) is 15.7. The fraction of sp³-hybridized carbons (Fsp3) is 0.533. The zero-order valence-electron chi connectivity index (χ0n) is 12.2. The molecule has 6 heteroatoms. The van der Waals surface area contributed by atoms with Crippen LogP contribution in [-0.4, -0.2) is 40.7 Å². The van der Waals surface area contributed by atoms with Gasteiger partial charge < -0.3 is 15.0 Å². The minimum atomic E-state index is -0.114. The van der Waals surface area contributed by atoms with Crippen LogP contribution in [0.15, 0.2) is 24.5 Å². The van der Waals surface area contributed by atoms with E-state index >= 15 is 0 Å². The van der Waals surface area contributed by atoms with Gasteiger partial charge >= 0.3 is 5.97 Å². The van der Waals surface area contributed by atoms with Crippen molar-refractivity contribution in [3.63, 3.8) is 0 Å². The molecule has 1 unspecified atom stereocenters. The Hall–Kier alpha value is -1.69. The minimum Gasteiger partial charge on any atom is -0.466 e. The second-order valence-corrected chi connectivity index (χ2v) is 5.44. The molecule has 1 atom stereocenters. The Labute approximate surface area is 130 Å². The zero-order valence-corrected chi connectivity index (χ0v) is 13.1. The van der Waals surface area contributed by atoms with E-state index < -0.39 is 0 Å². The lowest BCUT2D eigenvalue weighted by atomic mass is 9.98. The van der Waals surface area contributed by atoms with Gasteiger partial charge in [0.15, 0.2) is 5.11 Å². The van der Waals surface area contributed by atoms with Gasteiger partial charge in [0.1, 0.15) is 0 Å². The van der Waals surface area contributed by atoms with Gasteiger partial charge in [-0.2, -0.15) is 0 Å². The van der Waals surface area contributed by atoms with Crippen LogP contribution in [0.1, 0.15) is 25.3 Å². The van der Waals surface area contributed by atoms with Crippen LogP contribution >= 0.6 is 12.2 Å². The van der Waals surface area contributed by atoms with Gasteiger partial charge in [0.05, 0.1) is 12.5 Å². The second kappa shape index (κ2) is 7.93. The van der Waals surface area contributed by atoms with Crippen molar-refractivity contribution in [2.24, 2.45) is 5.92 Å². The summed E-state index contributed by atoms with van der Waals surface area (Å²) in [5, 5.41) is 3.91. The lowest BCUT2D eigenvalue weighted by Crippen LogP contribution is -2.47. The molecule has 0 aromatic carbocycles. The standard InChI is InChI=1S/C15H21N3O2S/c1-2-20-14(19)13-6-4-8-18(11-13)15(21)17-10-12-5-3-7-16-9-12/h3,5,7,9,13H,2,4,6,8,10-11H2,1H3,(H,17,21). The Morgan fingerprint density at radius 1 is 1.62 bits per heavy atom. The Morgan fingerprint density at radius 3 is 3.19 bits per heavy atom. The highest BCUT2D eigenvalue weighted by molar-refractivity contribution is 7.80. The molecule has 1 N–H and O–H groups in total. The van der Waals surface area contributed by atoms with E-state index in [0.29, 0.717) is 24.8 Å². The van der Waals surface area contributed by atoms with Gasteiger partial charge in [-0.3, -0.25) is 9.78 Å². The predicted molar refractivity (Wildman–Crippen MR) is 84.6 cm³/mol. The highest BCUT2D eigenvalue weighted by Gasteiger charge is 2.27. The molecule has 1 aliphatic heterocycles. The van der Waals surface area contributed by atoms with Gasteiger partial charge in [-0.05, 0) is 43.6 Å². The normalized spacial score (nSPS) is 18.1. The number of hydrogen-bond donors (Lipinski definition) is 1. The van der Waals surface area contributed by atoms with Gasteiger partial charge in [-0.25, -0.2) is 0 Å². The molecule has 1 aromatic rings. The van der Waals surface area contributed by atoms with E-state index in [4.69, 9.17) is 17.0 Å². The number of thiocarbonyl (C=S) groups is 1. The molecule has 0 radical (unpaired) electrons. The van der Waals surface area contributed by atoms with E-state index in [0.717, 1.165) is 24.9 Å². The molecule has 1 fully saturated rings. The van der Waals surface area contributed by atoms with Crippen LogP contribution in [0.2, 0.25) is 0 Å². The highest BCUT2D eigenvalue weighted by Crippen LogP contribution is 2.18. The molecule has 2 rings (SSSR count). The summed E-state index contributed by atoms with van der Waals surface area (Å²) < 4.78 is 5.10. The summed E-state index contributed by atoms with van der Waals surface area (Å²) in [5.41, 5.74) is 1.08. The van der Waals surface area contributed by atoms with Crippen molar-refractivity contribution in [3.8, 4) is 0 Å². The highest BCUT2D eigenvalue weighted by atomic mass is 32.1. The third-order valence-corrected chi connectivity index (χ3v) is 3.90. The van der Waals surface area contributed by atoms with E-state index in [1.807, 2.05) is 25.3 Å². The molecule has 0 spiro atoms. The lowest BCUT2D eigenvalue weighted by molar-refractivity contribution is -0.149. The largest absolute Gasteiger partial charge is 0.466 e. The van der Waals surface area contributed by atoms with Gasteiger partial charge in [0.25, 0.3) is 0 Å². The molecule has 0 bridgehead atoms. The summed E-state index contributed by atoms with van der Waals surface area (Å²) >= 11 is 5.42. The smallest absolute Gasteiger partial charge is 0.310 e. The van der Waals surface area contributed by atoms with Crippen LogP contribution in [0.5, 0.6) is 0 Å². The number of esters is 1. The van der Waals surface area contributed by atoms with Crippen molar-refractivity contribution in [2.45, 2.75) is 26.3 Å². The molecule has 1 saturated heterocycles. The maximum Gasteiger partial charge on any atom is 0.310 e. The number of nitrogens with zero attached hydrogens (tertiary/aromatic N) is 2. The average Bonchev–Trinajstić information content (AvgIpc) is 2.54. The van der Waals surface area contributed by atoms with Gasteiger partial charge in [0.2, 0.25) is 0 Å². The number of hydrogen-bond acceptors (Lipinski definition) is 4. The Bertz CT molecular complexity index is 481. The molecule has 1 aliphatic rings. The van der Waals surface area contributed by atoms with Crippen molar-refractivity contribution >= 4 is 23.3 Å². The van der Waals surface area contributed by atoms with Gasteiger partial charge in [0, 0.05) is 32.0 Å². The maximum atomic E-state index is 11.8. The van der Waals surface area contributed by atoms with Crippen molar-refractivity contribution in [1.82, 2.24) is 15.2 Å². The first-order chi connectivity index (χ1) is 10.2. The minimum absolute atomic E-state index is 0.0724. The number of piperidine rings is 1. The number of ether oxygens (including phenoxy) is 1. The summed E-state index contributed by atoms with van der Waals surface area (Å²) in [7, 11) is 0. The summed E-state index contributed by atoms with van der Waals surface area (Å²) in [5.74, 6) is -0.186. The summed E-state index contributed by atoms with van der Waals surface area (Å²) in [6, 6.07) is 3.90. The molecule has 0 aliphatic carbocycles. The molecular formula is C15H21N3O2S. The van der Waals surface area contributed by atoms with E-state index in [1.165, 1.54) is 0 Å². The number of carbonyl (C=O) groups is 1. The first-order valence-electron chi connectivity index (χ1n) is 7.29. The first-order valence-corrected chi connectivity index (χ1v) is 7.70.